The zero-order valence-electron chi connectivity index (χ0n) is 18.5. The topological polar surface area (TPSA) is 80.9 Å². The molecule has 7 nitrogen and oxygen atoms in total. The number of nitrogens with zero attached hydrogens (tertiary/aromatic N) is 4. The van der Waals surface area contributed by atoms with Crippen molar-refractivity contribution >= 4 is 10.9 Å². The number of fused-ring (bicyclic) bond motifs is 1. The fourth-order valence-corrected chi connectivity index (χ4v) is 3.90. The minimum Gasteiger partial charge on any atom is -0.322 e. The fraction of sp³-hybridized carbons (Fsp3) is 0.333. The molecule has 4 rings (SSSR count). The minimum atomic E-state index is -0.214. The number of benzene rings is 2. The molecular weight excluding hydrogens is 388 g/mol. The van der Waals surface area contributed by atoms with Crippen LogP contribution in [0.1, 0.15) is 43.3 Å². The van der Waals surface area contributed by atoms with Crippen molar-refractivity contribution in [1.82, 2.24) is 25.2 Å². The highest BCUT2D eigenvalue weighted by atomic mass is 16.1. The van der Waals surface area contributed by atoms with Crippen molar-refractivity contribution in [3.8, 4) is 0 Å². The molecule has 0 amide bonds. The highest BCUT2D eigenvalue weighted by molar-refractivity contribution is 5.79. The van der Waals surface area contributed by atoms with Gasteiger partial charge in [-0.2, -0.15) is 0 Å². The number of hydrogen-bond acceptors (Lipinski definition) is 4. The summed E-state index contributed by atoms with van der Waals surface area (Å²) in [7, 11) is 0. The molecule has 2 aromatic carbocycles. The van der Waals surface area contributed by atoms with Gasteiger partial charge in [0.25, 0.3) is 5.56 Å². The zero-order chi connectivity index (χ0) is 22.0. The van der Waals surface area contributed by atoms with Crippen molar-refractivity contribution in [3.63, 3.8) is 0 Å². The van der Waals surface area contributed by atoms with Gasteiger partial charge in [-0.3, -0.25) is 4.79 Å². The predicted molar refractivity (Wildman–Crippen MR) is 121 cm³/mol. The Bertz CT molecular complexity index is 1240. The fourth-order valence-electron chi connectivity index (χ4n) is 3.90. The lowest BCUT2D eigenvalue weighted by Gasteiger charge is -2.23. The summed E-state index contributed by atoms with van der Waals surface area (Å²) in [4.78, 5) is 17.1. The summed E-state index contributed by atoms with van der Waals surface area (Å²) in [6.45, 7) is 10.3. The Morgan fingerprint density at radius 1 is 1.00 bits per heavy atom. The molecule has 0 spiro atoms. The number of nitrogens with one attached hydrogen (secondary N) is 2. The summed E-state index contributed by atoms with van der Waals surface area (Å²) in [6.07, 6.45) is 0. The van der Waals surface area contributed by atoms with E-state index in [2.05, 4.69) is 66.4 Å². The maximum absolute atomic E-state index is 12.8. The van der Waals surface area contributed by atoms with Gasteiger partial charge in [0.1, 0.15) is 19.6 Å². The Morgan fingerprint density at radius 3 is 2.52 bits per heavy atom. The van der Waals surface area contributed by atoms with Crippen LogP contribution in [0.15, 0.2) is 59.4 Å². The molecule has 160 valence electrons. The number of pyridine rings is 1. The molecule has 1 unspecified atom stereocenters. The largest absolute Gasteiger partial charge is 0.322 e. The number of aromatic amines is 1. The van der Waals surface area contributed by atoms with Crippen molar-refractivity contribution in [2.75, 3.05) is 0 Å². The molecule has 0 fully saturated rings. The van der Waals surface area contributed by atoms with Gasteiger partial charge in [-0.05, 0) is 61.7 Å². The first-order valence-corrected chi connectivity index (χ1v) is 10.6. The second-order valence-electron chi connectivity index (χ2n) is 9.16. The van der Waals surface area contributed by atoms with Gasteiger partial charge in [-0.1, -0.05) is 42.0 Å². The van der Waals surface area contributed by atoms with Crippen molar-refractivity contribution in [1.29, 1.82) is 0 Å². The molecule has 2 heterocycles. The second kappa shape index (κ2) is 8.43. The third-order valence-corrected chi connectivity index (χ3v) is 5.39. The molecule has 0 aliphatic heterocycles. The maximum Gasteiger partial charge on any atom is 0.257 e. The predicted octanol–water partition coefficient (Wildman–Crippen LogP) is 2.36. The van der Waals surface area contributed by atoms with Gasteiger partial charge in [0.15, 0.2) is 0 Å². The van der Waals surface area contributed by atoms with Crippen LogP contribution in [-0.4, -0.2) is 25.2 Å². The van der Waals surface area contributed by atoms with E-state index in [0.717, 1.165) is 28.8 Å². The monoisotopic (exact) mass is 417 g/mol. The average molecular weight is 418 g/mol. The third-order valence-electron chi connectivity index (χ3n) is 5.39. The Morgan fingerprint density at radius 2 is 1.77 bits per heavy atom. The molecule has 0 bridgehead atoms. The standard InChI is InChI=1S/C24H28N6O/c1-17-10-11-21-19(12-17)13-20(23(31)25-21)15-29(14-18-8-6-5-7-9-18)16-22-26-27-28-30(22)24(2,3)4/h5-13H,14-16H2,1-4H3,(H,25,31)/p+1. The van der Waals surface area contributed by atoms with E-state index in [1.54, 1.807) is 0 Å². The van der Waals surface area contributed by atoms with Crippen LogP contribution in [0.2, 0.25) is 0 Å². The van der Waals surface area contributed by atoms with Crippen molar-refractivity contribution in [3.05, 3.63) is 87.5 Å². The van der Waals surface area contributed by atoms with E-state index < -0.39 is 0 Å². The Labute approximate surface area is 181 Å². The SMILES string of the molecule is Cc1ccc2[nH]c(=O)c(C[NH+](Cc3ccccc3)Cc3nnnn3C(C)(C)C)cc2c1. The van der Waals surface area contributed by atoms with E-state index in [1.165, 1.54) is 16.0 Å². The summed E-state index contributed by atoms with van der Waals surface area (Å²) in [5.74, 6) is 0.812. The average Bonchev–Trinajstić information content (AvgIpc) is 3.18. The highest BCUT2D eigenvalue weighted by Crippen LogP contribution is 2.14. The van der Waals surface area contributed by atoms with Gasteiger partial charge >= 0.3 is 0 Å². The second-order valence-corrected chi connectivity index (χ2v) is 9.16. The molecule has 2 aromatic heterocycles. The summed E-state index contributed by atoms with van der Waals surface area (Å²) in [5, 5.41) is 13.4. The quantitative estimate of drug-likeness (QED) is 0.505. The molecule has 7 heteroatoms. The summed E-state index contributed by atoms with van der Waals surface area (Å²) < 4.78 is 1.87. The molecule has 0 aliphatic rings. The van der Waals surface area contributed by atoms with Crippen LogP contribution in [0.25, 0.3) is 10.9 Å². The number of tetrazole rings is 1. The van der Waals surface area contributed by atoms with Gasteiger partial charge in [0.2, 0.25) is 5.82 Å². The lowest BCUT2D eigenvalue weighted by atomic mass is 10.1. The van der Waals surface area contributed by atoms with Crippen molar-refractivity contribution in [2.24, 2.45) is 0 Å². The van der Waals surface area contributed by atoms with Crippen LogP contribution in [0.3, 0.4) is 0 Å². The Kier molecular flexibility index (Phi) is 5.69. The number of rotatable bonds is 6. The van der Waals surface area contributed by atoms with E-state index >= 15 is 0 Å². The van der Waals surface area contributed by atoms with Crippen LogP contribution in [-0.2, 0) is 25.2 Å². The smallest absolute Gasteiger partial charge is 0.257 e. The molecule has 4 aromatic rings. The number of hydrogen-bond donors (Lipinski definition) is 2. The molecule has 0 aliphatic carbocycles. The first-order valence-electron chi connectivity index (χ1n) is 10.6. The molecule has 0 saturated heterocycles. The van der Waals surface area contributed by atoms with E-state index in [0.29, 0.717) is 13.1 Å². The number of aromatic nitrogens is 5. The molecule has 0 radical (unpaired) electrons. The third kappa shape index (κ3) is 4.88. The van der Waals surface area contributed by atoms with Gasteiger partial charge in [-0.25, -0.2) is 4.68 Å². The van der Waals surface area contributed by atoms with Gasteiger partial charge in [-0.15, -0.1) is 5.10 Å². The lowest BCUT2D eigenvalue weighted by molar-refractivity contribution is -0.942. The van der Waals surface area contributed by atoms with Crippen LogP contribution in [0, 0.1) is 6.92 Å². The van der Waals surface area contributed by atoms with Crippen LogP contribution >= 0.6 is 0 Å². The van der Waals surface area contributed by atoms with Crippen molar-refractivity contribution < 1.29 is 4.90 Å². The molecular formula is C24H29N6O+. The van der Waals surface area contributed by atoms with Gasteiger partial charge in [0, 0.05) is 11.1 Å². The molecule has 31 heavy (non-hydrogen) atoms. The highest BCUT2D eigenvalue weighted by Gasteiger charge is 2.24. The lowest BCUT2D eigenvalue weighted by Crippen LogP contribution is -3.08. The van der Waals surface area contributed by atoms with Crippen LogP contribution < -0.4 is 10.5 Å². The van der Waals surface area contributed by atoms with E-state index in [4.69, 9.17) is 0 Å². The maximum atomic E-state index is 12.8. The van der Waals surface area contributed by atoms with E-state index in [9.17, 15) is 4.79 Å². The van der Waals surface area contributed by atoms with Crippen LogP contribution in [0.5, 0.6) is 0 Å². The number of quaternary nitrogens is 1. The van der Waals surface area contributed by atoms with Gasteiger partial charge in [0.05, 0.1) is 11.1 Å². The number of H-pyrrole nitrogens is 1. The summed E-state index contributed by atoms with van der Waals surface area (Å²) in [5.41, 5.74) is 3.75. The first-order chi connectivity index (χ1) is 14.8. The first kappa shape index (κ1) is 20.9. The normalized spacial score (nSPS) is 12.9. The minimum absolute atomic E-state index is 0.0441. The Balaban J connectivity index is 1.68. The molecule has 1 atom stereocenters. The number of aryl methyl sites for hydroxylation is 1. The summed E-state index contributed by atoms with van der Waals surface area (Å²) >= 11 is 0. The molecule has 2 N–H and O–H groups in total. The van der Waals surface area contributed by atoms with Crippen LogP contribution in [0.4, 0.5) is 0 Å². The van der Waals surface area contributed by atoms with E-state index in [1.807, 2.05) is 41.1 Å². The zero-order valence-corrected chi connectivity index (χ0v) is 18.5. The van der Waals surface area contributed by atoms with Crippen molar-refractivity contribution in [2.45, 2.75) is 52.9 Å². The molecule has 0 saturated carbocycles. The van der Waals surface area contributed by atoms with Gasteiger partial charge < -0.3 is 9.88 Å². The van der Waals surface area contributed by atoms with E-state index in [-0.39, 0.29) is 11.1 Å². The summed E-state index contributed by atoms with van der Waals surface area (Å²) in [6, 6.07) is 18.4. The Hall–Kier alpha value is -3.32.